The molecule has 0 bridgehead atoms. The number of hydrogen-bond acceptors (Lipinski definition) is 4. The van der Waals surface area contributed by atoms with Crippen LogP contribution in [0, 0.1) is 0 Å². The summed E-state index contributed by atoms with van der Waals surface area (Å²) in [7, 11) is 0. The lowest BCUT2D eigenvalue weighted by Crippen LogP contribution is -2.31. The van der Waals surface area contributed by atoms with Gasteiger partial charge in [0.1, 0.15) is 5.15 Å². The van der Waals surface area contributed by atoms with E-state index in [1.54, 1.807) is 4.90 Å². The lowest BCUT2D eigenvalue weighted by Gasteiger charge is -2.21. The number of benzene rings is 1. The molecule has 0 aliphatic carbocycles. The number of para-hydroxylation sites is 1. The third kappa shape index (κ3) is 3.11. The zero-order valence-corrected chi connectivity index (χ0v) is 12.8. The van der Waals surface area contributed by atoms with E-state index in [4.69, 9.17) is 11.6 Å². The van der Waals surface area contributed by atoms with Gasteiger partial charge in [-0.1, -0.05) is 41.6 Å². The largest absolute Gasteiger partial charge is 0.309 e. The van der Waals surface area contributed by atoms with E-state index in [-0.39, 0.29) is 11.1 Å². The minimum Gasteiger partial charge on any atom is -0.309 e. The minimum atomic E-state index is -0.198. The molecule has 2 aromatic rings. The molecule has 104 valence electrons. The molecule has 1 heterocycles. The van der Waals surface area contributed by atoms with E-state index in [0.29, 0.717) is 17.3 Å². The summed E-state index contributed by atoms with van der Waals surface area (Å²) in [6, 6.07) is 9.45. The highest BCUT2D eigenvalue weighted by Crippen LogP contribution is 2.21. The summed E-state index contributed by atoms with van der Waals surface area (Å²) in [4.78, 5) is 22.4. The molecule has 0 unspecified atom stereocenters. The van der Waals surface area contributed by atoms with Gasteiger partial charge < -0.3 is 4.90 Å². The molecule has 0 fully saturated rings. The number of carbonyl (C=O) groups is 1. The standard InChI is InChI=1S/C14H14ClN3OS/c1-3-18(10-7-5-4-6-8-10)13(19)11-9-16-14(20-2)17-12(11)15/h4-9H,3H2,1-2H3. The van der Waals surface area contributed by atoms with Crippen LogP contribution in [0.3, 0.4) is 0 Å². The van der Waals surface area contributed by atoms with Crippen molar-refractivity contribution in [3.05, 3.63) is 47.2 Å². The number of nitrogens with zero attached hydrogens (tertiary/aromatic N) is 3. The molecule has 1 aromatic heterocycles. The zero-order valence-electron chi connectivity index (χ0n) is 11.2. The van der Waals surface area contributed by atoms with E-state index < -0.39 is 0 Å². The molecule has 1 amide bonds. The number of carbonyl (C=O) groups excluding carboxylic acids is 1. The molecule has 0 radical (unpaired) electrons. The first-order valence-electron chi connectivity index (χ1n) is 6.10. The molecule has 6 heteroatoms. The highest BCUT2D eigenvalue weighted by atomic mass is 35.5. The van der Waals surface area contributed by atoms with Crippen LogP contribution >= 0.6 is 23.4 Å². The van der Waals surface area contributed by atoms with E-state index in [1.807, 2.05) is 43.5 Å². The van der Waals surface area contributed by atoms with Crippen LogP contribution in [0.4, 0.5) is 5.69 Å². The number of thioether (sulfide) groups is 1. The van der Waals surface area contributed by atoms with Crippen molar-refractivity contribution in [3.8, 4) is 0 Å². The van der Waals surface area contributed by atoms with Crippen molar-refractivity contribution in [1.82, 2.24) is 9.97 Å². The van der Waals surface area contributed by atoms with E-state index in [1.165, 1.54) is 18.0 Å². The number of aromatic nitrogens is 2. The van der Waals surface area contributed by atoms with Gasteiger partial charge in [0, 0.05) is 18.4 Å². The van der Waals surface area contributed by atoms with Gasteiger partial charge in [-0.2, -0.15) is 0 Å². The van der Waals surface area contributed by atoms with Crippen LogP contribution in [0.2, 0.25) is 5.15 Å². The van der Waals surface area contributed by atoms with Gasteiger partial charge in [0.2, 0.25) is 0 Å². The Morgan fingerprint density at radius 2 is 2.05 bits per heavy atom. The van der Waals surface area contributed by atoms with E-state index in [9.17, 15) is 4.79 Å². The van der Waals surface area contributed by atoms with Crippen molar-refractivity contribution in [2.24, 2.45) is 0 Å². The summed E-state index contributed by atoms with van der Waals surface area (Å²) < 4.78 is 0. The fourth-order valence-corrected chi connectivity index (χ4v) is 2.39. The third-order valence-electron chi connectivity index (χ3n) is 2.76. The number of rotatable bonds is 4. The molecule has 0 saturated carbocycles. The maximum absolute atomic E-state index is 12.6. The minimum absolute atomic E-state index is 0.184. The fourth-order valence-electron chi connectivity index (χ4n) is 1.78. The summed E-state index contributed by atoms with van der Waals surface area (Å²) in [5.41, 5.74) is 1.14. The van der Waals surface area contributed by atoms with Gasteiger partial charge in [-0.25, -0.2) is 9.97 Å². The molecular weight excluding hydrogens is 294 g/mol. The van der Waals surface area contributed by atoms with Crippen LogP contribution in [0.15, 0.2) is 41.7 Å². The summed E-state index contributed by atoms with van der Waals surface area (Å²) in [6.07, 6.45) is 3.34. The lowest BCUT2D eigenvalue weighted by molar-refractivity contribution is 0.0987. The van der Waals surface area contributed by atoms with E-state index in [0.717, 1.165) is 5.69 Å². The van der Waals surface area contributed by atoms with Crippen molar-refractivity contribution < 1.29 is 4.79 Å². The average molecular weight is 308 g/mol. The van der Waals surface area contributed by atoms with Gasteiger partial charge in [0.05, 0.1) is 5.56 Å². The Balaban J connectivity index is 2.34. The quantitative estimate of drug-likeness (QED) is 0.492. The molecule has 0 aliphatic rings. The molecule has 0 N–H and O–H groups in total. The first-order valence-corrected chi connectivity index (χ1v) is 7.71. The van der Waals surface area contributed by atoms with Crippen molar-refractivity contribution in [2.45, 2.75) is 12.1 Å². The molecule has 0 aliphatic heterocycles. The molecule has 20 heavy (non-hydrogen) atoms. The van der Waals surface area contributed by atoms with Crippen molar-refractivity contribution >= 4 is 35.0 Å². The Bertz CT molecular complexity index is 607. The fraction of sp³-hybridized carbons (Fsp3) is 0.214. The number of halogens is 1. The first kappa shape index (κ1) is 14.8. The Morgan fingerprint density at radius 3 is 2.60 bits per heavy atom. The molecule has 4 nitrogen and oxygen atoms in total. The van der Waals surface area contributed by atoms with Crippen LogP contribution in [-0.2, 0) is 0 Å². The molecular formula is C14H14ClN3OS. The van der Waals surface area contributed by atoms with Gasteiger partial charge in [-0.3, -0.25) is 4.79 Å². The highest BCUT2D eigenvalue weighted by Gasteiger charge is 2.20. The Morgan fingerprint density at radius 1 is 1.35 bits per heavy atom. The number of anilines is 1. The van der Waals surface area contributed by atoms with Crippen LogP contribution < -0.4 is 4.90 Å². The van der Waals surface area contributed by atoms with Crippen LogP contribution in [0.5, 0.6) is 0 Å². The van der Waals surface area contributed by atoms with Gasteiger partial charge in [-0.05, 0) is 25.3 Å². The van der Waals surface area contributed by atoms with Crippen molar-refractivity contribution in [1.29, 1.82) is 0 Å². The third-order valence-corrected chi connectivity index (χ3v) is 3.61. The maximum atomic E-state index is 12.6. The Kier molecular flexibility index (Phi) is 4.98. The summed E-state index contributed by atoms with van der Waals surface area (Å²) in [6.45, 7) is 2.46. The average Bonchev–Trinajstić information content (AvgIpc) is 2.48. The second-order valence-corrected chi connectivity index (χ2v) is 5.08. The Labute approximate surface area is 127 Å². The predicted molar refractivity (Wildman–Crippen MR) is 82.6 cm³/mol. The second kappa shape index (κ2) is 6.72. The molecule has 1 aromatic carbocycles. The smallest absolute Gasteiger partial charge is 0.262 e. The van der Waals surface area contributed by atoms with Crippen LogP contribution in [0.1, 0.15) is 17.3 Å². The zero-order chi connectivity index (χ0) is 14.5. The molecule has 0 spiro atoms. The first-order chi connectivity index (χ1) is 9.67. The van der Waals surface area contributed by atoms with Gasteiger partial charge in [0.25, 0.3) is 5.91 Å². The number of hydrogen-bond donors (Lipinski definition) is 0. The van der Waals surface area contributed by atoms with Crippen LogP contribution in [-0.4, -0.2) is 28.7 Å². The van der Waals surface area contributed by atoms with E-state index in [2.05, 4.69) is 9.97 Å². The van der Waals surface area contributed by atoms with Crippen molar-refractivity contribution in [2.75, 3.05) is 17.7 Å². The summed E-state index contributed by atoms with van der Waals surface area (Å²) in [5.74, 6) is -0.198. The Hall–Kier alpha value is -1.59. The highest BCUT2D eigenvalue weighted by molar-refractivity contribution is 7.98. The SMILES string of the molecule is CCN(C(=O)c1cnc(SC)nc1Cl)c1ccccc1. The van der Waals surface area contributed by atoms with Crippen molar-refractivity contribution in [3.63, 3.8) is 0 Å². The molecule has 0 atom stereocenters. The van der Waals surface area contributed by atoms with Gasteiger partial charge in [0.15, 0.2) is 5.16 Å². The molecule has 2 rings (SSSR count). The van der Waals surface area contributed by atoms with Gasteiger partial charge >= 0.3 is 0 Å². The monoisotopic (exact) mass is 307 g/mol. The second-order valence-electron chi connectivity index (χ2n) is 3.95. The maximum Gasteiger partial charge on any atom is 0.262 e. The molecule has 0 saturated heterocycles. The van der Waals surface area contributed by atoms with Gasteiger partial charge in [-0.15, -0.1) is 0 Å². The predicted octanol–water partition coefficient (Wildman–Crippen LogP) is 3.52. The lowest BCUT2D eigenvalue weighted by atomic mass is 10.2. The normalized spacial score (nSPS) is 10.3. The number of amides is 1. The van der Waals surface area contributed by atoms with Crippen LogP contribution in [0.25, 0.3) is 0 Å². The summed E-state index contributed by atoms with van der Waals surface area (Å²) in [5, 5.41) is 0.734. The van der Waals surface area contributed by atoms with E-state index >= 15 is 0 Å². The topological polar surface area (TPSA) is 46.1 Å². The summed E-state index contributed by atoms with van der Waals surface area (Å²) >= 11 is 7.46.